The Bertz CT molecular complexity index is 228. The van der Waals surface area contributed by atoms with Crippen LogP contribution in [0.25, 0.3) is 0 Å². The molecule has 0 spiro atoms. The van der Waals surface area contributed by atoms with E-state index in [0.717, 1.165) is 32.6 Å². The maximum absolute atomic E-state index is 11.9. The van der Waals surface area contributed by atoms with Gasteiger partial charge in [-0.1, -0.05) is 20.8 Å². The van der Waals surface area contributed by atoms with Crippen LogP contribution in [0.1, 0.15) is 34.1 Å². The lowest BCUT2D eigenvalue weighted by molar-refractivity contribution is -0.130. The van der Waals surface area contributed by atoms with Crippen LogP contribution in [0.4, 0.5) is 0 Å². The molecule has 4 heteroatoms. The third kappa shape index (κ3) is 2.95. The summed E-state index contributed by atoms with van der Waals surface area (Å²) in [5.41, 5.74) is 0. The van der Waals surface area contributed by atoms with Crippen molar-refractivity contribution in [1.29, 1.82) is 0 Å². The van der Waals surface area contributed by atoms with Gasteiger partial charge in [-0.15, -0.1) is 0 Å². The van der Waals surface area contributed by atoms with Crippen LogP contribution in [0.3, 0.4) is 0 Å². The summed E-state index contributed by atoms with van der Waals surface area (Å²) in [7, 11) is 0. The van der Waals surface area contributed by atoms with Gasteiger partial charge in [-0.2, -0.15) is 0 Å². The van der Waals surface area contributed by atoms with Crippen molar-refractivity contribution in [1.82, 2.24) is 15.1 Å². The van der Waals surface area contributed by atoms with Crippen LogP contribution in [0, 0.1) is 0 Å². The van der Waals surface area contributed by atoms with Gasteiger partial charge in [-0.25, -0.2) is 0 Å². The molecular weight excluding hydrogens is 202 g/mol. The molecule has 1 aliphatic heterocycles. The Kier molecular flexibility index (Phi) is 5.22. The van der Waals surface area contributed by atoms with Crippen LogP contribution in [0.15, 0.2) is 0 Å². The maximum Gasteiger partial charge on any atom is 0.240 e. The van der Waals surface area contributed by atoms with Gasteiger partial charge in [0.05, 0.1) is 12.2 Å². The third-order valence-electron chi connectivity index (χ3n) is 3.41. The van der Waals surface area contributed by atoms with Crippen molar-refractivity contribution in [2.45, 2.75) is 46.3 Å². The van der Waals surface area contributed by atoms with E-state index in [-0.39, 0.29) is 18.1 Å². The van der Waals surface area contributed by atoms with E-state index in [1.54, 1.807) is 0 Å². The van der Waals surface area contributed by atoms with Gasteiger partial charge in [0.2, 0.25) is 5.91 Å². The lowest BCUT2D eigenvalue weighted by atomic mass is 10.3. The number of hydrogen-bond donors (Lipinski definition) is 1. The number of rotatable bonds is 6. The average molecular weight is 227 g/mol. The zero-order valence-electron chi connectivity index (χ0n) is 11.0. The molecule has 1 aliphatic rings. The van der Waals surface area contributed by atoms with E-state index in [1.807, 2.05) is 11.8 Å². The maximum atomic E-state index is 11.9. The molecule has 0 aliphatic carbocycles. The molecule has 1 N–H and O–H groups in total. The first-order valence-electron chi connectivity index (χ1n) is 6.42. The Hall–Kier alpha value is -0.610. The minimum atomic E-state index is -0.0124. The Morgan fingerprint density at radius 3 is 2.44 bits per heavy atom. The number of carbonyl (C=O) groups is 1. The molecule has 0 aromatic carbocycles. The summed E-state index contributed by atoms with van der Waals surface area (Å²) in [6.45, 7) is 12.3. The number of carbonyl (C=O) groups excluding carboxylic acids is 1. The van der Waals surface area contributed by atoms with Gasteiger partial charge in [-0.3, -0.25) is 10.1 Å². The van der Waals surface area contributed by atoms with E-state index in [1.165, 1.54) is 0 Å². The highest BCUT2D eigenvalue weighted by Gasteiger charge is 2.34. The molecule has 4 nitrogen and oxygen atoms in total. The summed E-state index contributed by atoms with van der Waals surface area (Å²) >= 11 is 0. The Morgan fingerprint density at radius 2 is 1.94 bits per heavy atom. The monoisotopic (exact) mass is 227 g/mol. The first kappa shape index (κ1) is 13.5. The van der Waals surface area contributed by atoms with Gasteiger partial charge in [0, 0.05) is 13.1 Å². The molecule has 1 heterocycles. The van der Waals surface area contributed by atoms with E-state index in [4.69, 9.17) is 0 Å². The fourth-order valence-electron chi connectivity index (χ4n) is 2.25. The topological polar surface area (TPSA) is 35.6 Å². The highest BCUT2D eigenvalue weighted by atomic mass is 16.2. The highest BCUT2D eigenvalue weighted by Crippen LogP contribution is 2.12. The fraction of sp³-hybridized carbons (Fsp3) is 0.917. The van der Waals surface area contributed by atoms with Crippen molar-refractivity contribution in [2.24, 2.45) is 0 Å². The van der Waals surface area contributed by atoms with Gasteiger partial charge >= 0.3 is 0 Å². The minimum absolute atomic E-state index is 0.0124. The van der Waals surface area contributed by atoms with Crippen LogP contribution in [0.2, 0.25) is 0 Å². The number of nitrogens with one attached hydrogen (secondary N) is 1. The van der Waals surface area contributed by atoms with Crippen molar-refractivity contribution in [3.63, 3.8) is 0 Å². The lowest BCUT2D eigenvalue weighted by Crippen LogP contribution is -2.42. The molecule has 0 saturated carbocycles. The van der Waals surface area contributed by atoms with Crippen molar-refractivity contribution < 1.29 is 4.79 Å². The van der Waals surface area contributed by atoms with Crippen molar-refractivity contribution in [3.05, 3.63) is 0 Å². The Labute approximate surface area is 99.0 Å². The second kappa shape index (κ2) is 6.21. The third-order valence-corrected chi connectivity index (χ3v) is 3.41. The second-order valence-corrected chi connectivity index (χ2v) is 4.37. The molecule has 1 amide bonds. The van der Waals surface area contributed by atoms with E-state index >= 15 is 0 Å². The van der Waals surface area contributed by atoms with Gasteiger partial charge in [-0.05, 0) is 26.4 Å². The predicted molar refractivity (Wildman–Crippen MR) is 66.2 cm³/mol. The molecule has 2 unspecified atom stereocenters. The molecule has 1 fully saturated rings. The standard InChI is InChI=1S/C12H25N3O/c1-5-11-13-10(4)12(16)15(11)9-8-14(6-2)7-3/h10-11,13H,5-9H2,1-4H3. The summed E-state index contributed by atoms with van der Waals surface area (Å²) in [4.78, 5) is 16.2. The van der Waals surface area contributed by atoms with Crippen LogP contribution < -0.4 is 5.32 Å². The lowest BCUT2D eigenvalue weighted by Gasteiger charge is -2.26. The zero-order chi connectivity index (χ0) is 12.1. The van der Waals surface area contributed by atoms with Crippen LogP contribution in [-0.2, 0) is 4.79 Å². The summed E-state index contributed by atoms with van der Waals surface area (Å²) < 4.78 is 0. The van der Waals surface area contributed by atoms with Crippen molar-refractivity contribution in [3.8, 4) is 0 Å². The van der Waals surface area contributed by atoms with E-state index in [2.05, 4.69) is 31.0 Å². The Balaban J connectivity index is 2.48. The van der Waals surface area contributed by atoms with E-state index in [9.17, 15) is 4.79 Å². The van der Waals surface area contributed by atoms with E-state index in [0.29, 0.717) is 0 Å². The van der Waals surface area contributed by atoms with Gasteiger partial charge in [0.1, 0.15) is 0 Å². The predicted octanol–water partition coefficient (Wildman–Crippen LogP) is 0.885. The average Bonchev–Trinajstić information content (AvgIpc) is 2.57. The Morgan fingerprint density at radius 1 is 1.31 bits per heavy atom. The summed E-state index contributed by atoms with van der Waals surface area (Å²) in [6, 6.07) is -0.0124. The number of amides is 1. The largest absolute Gasteiger partial charge is 0.325 e. The molecule has 1 saturated heterocycles. The van der Waals surface area contributed by atoms with Gasteiger partial charge in [0.15, 0.2) is 0 Å². The van der Waals surface area contributed by atoms with Crippen LogP contribution in [-0.4, -0.2) is 54.1 Å². The molecule has 16 heavy (non-hydrogen) atoms. The van der Waals surface area contributed by atoms with Gasteiger partial charge < -0.3 is 9.80 Å². The highest BCUT2D eigenvalue weighted by molar-refractivity contribution is 5.83. The SMILES string of the molecule is CCC1NC(C)C(=O)N1CCN(CC)CC. The molecule has 1 rings (SSSR count). The molecule has 0 radical (unpaired) electrons. The summed E-state index contributed by atoms with van der Waals surface area (Å²) in [5.74, 6) is 0.249. The molecule has 0 bridgehead atoms. The molecule has 0 aromatic rings. The van der Waals surface area contributed by atoms with Crippen molar-refractivity contribution >= 4 is 5.91 Å². The van der Waals surface area contributed by atoms with Crippen LogP contribution >= 0.6 is 0 Å². The number of likely N-dealkylation sites (N-methyl/N-ethyl adjacent to an activating group) is 1. The number of hydrogen-bond acceptors (Lipinski definition) is 3. The van der Waals surface area contributed by atoms with Crippen LogP contribution in [0.5, 0.6) is 0 Å². The minimum Gasteiger partial charge on any atom is -0.325 e. The molecule has 94 valence electrons. The summed E-state index contributed by atoms with van der Waals surface area (Å²) in [6.07, 6.45) is 1.21. The summed E-state index contributed by atoms with van der Waals surface area (Å²) in [5, 5.41) is 3.32. The zero-order valence-corrected chi connectivity index (χ0v) is 11.0. The molecule has 2 atom stereocenters. The fourth-order valence-corrected chi connectivity index (χ4v) is 2.25. The van der Waals surface area contributed by atoms with Gasteiger partial charge in [0.25, 0.3) is 0 Å². The quantitative estimate of drug-likeness (QED) is 0.732. The normalized spacial score (nSPS) is 25.8. The van der Waals surface area contributed by atoms with E-state index < -0.39 is 0 Å². The number of nitrogens with zero attached hydrogens (tertiary/aromatic N) is 2. The smallest absolute Gasteiger partial charge is 0.240 e. The molecular formula is C12H25N3O. The van der Waals surface area contributed by atoms with Crippen molar-refractivity contribution in [2.75, 3.05) is 26.2 Å². The molecule has 0 aromatic heterocycles. The first-order valence-corrected chi connectivity index (χ1v) is 6.42. The second-order valence-electron chi connectivity index (χ2n) is 4.37. The first-order chi connectivity index (χ1) is 7.63.